The Balaban J connectivity index is 2.88. The predicted octanol–water partition coefficient (Wildman–Crippen LogP) is 1.14. The number of hydrogen-bond acceptors (Lipinski definition) is 4. The molecule has 0 saturated heterocycles. The highest BCUT2D eigenvalue weighted by Crippen LogP contribution is 2.13. The van der Waals surface area contributed by atoms with Gasteiger partial charge in [0, 0.05) is 7.05 Å². The number of aryl methyl sites for hydroxylation is 1. The summed E-state index contributed by atoms with van der Waals surface area (Å²) in [4.78, 5) is 11.4. The number of carbonyl (C=O) groups excluding carboxylic acids is 1. The molecule has 72 valence electrons. The monoisotopic (exact) mass is 247 g/mol. The van der Waals surface area contributed by atoms with E-state index in [9.17, 15) is 4.79 Å². The van der Waals surface area contributed by atoms with E-state index in [4.69, 9.17) is 4.74 Å². The predicted molar refractivity (Wildman–Crippen MR) is 49.3 cm³/mol. The van der Waals surface area contributed by atoms with Crippen molar-refractivity contribution in [1.82, 2.24) is 15.0 Å². The second-order valence-electron chi connectivity index (χ2n) is 2.81. The first-order chi connectivity index (χ1) is 6.02. The smallest absolute Gasteiger partial charge is 0.359 e. The Bertz CT molecular complexity index is 302. The number of aromatic nitrogens is 3. The van der Waals surface area contributed by atoms with E-state index in [0.717, 1.165) is 0 Å². The van der Waals surface area contributed by atoms with Gasteiger partial charge in [0.15, 0.2) is 10.3 Å². The number of halogens is 1. The van der Waals surface area contributed by atoms with Crippen molar-refractivity contribution in [2.24, 2.45) is 7.05 Å². The van der Waals surface area contributed by atoms with Gasteiger partial charge < -0.3 is 4.74 Å². The van der Waals surface area contributed by atoms with Crippen molar-refractivity contribution in [3.8, 4) is 0 Å². The van der Waals surface area contributed by atoms with E-state index >= 15 is 0 Å². The van der Waals surface area contributed by atoms with E-state index in [1.807, 2.05) is 0 Å². The number of nitrogens with zero attached hydrogens (tertiary/aromatic N) is 3. The molecule has 0 radical (unpaired) electrons. The zero-order chi connectivity index (χ0) is 10.0. The first kappa shape index (κ1) is 10.2. The van der Waals surface area contributed by atoms with Gasteiger partial charge in [0.05, 0.1) is 6.10 Å². The number of esters is 1. The zero-order valence-corrected chi connectivity index (χ0v) is 9.20. The van der Waals surface area contributed by atoms with Crippen LogP contribution >= 0.6 is 15.9 Å². The van der Waals surface area contributed by atoms with E-state index in [-0.39, 0.29) is 6.10 Å². The molecule has 0 bridgehead atoms. The summed E-state index contributed by atoms with van der Waals surface area (Å²) in [6.07, 6.45) is -0.144. The summed E-state index contributed by atoms with van der Waals surface area (Å²) < 4.78 is 6.76. The van der Waals surface area contributed by atoms with Gasteiger partial charge in [0.1, 0.15) is 0 Å². The van der Waals surface area contributed by atoms with Crippen LogP contribution in [-0.4, -0.2) is 27.1 Å². The van der Waals surface area contributed by atoms with Crippen molar-refractivity contribution >= 4 is 21.9 Å². The minimum Gasteiger partial charge on any atom is -0.458 e. The summed E-state index contributed by atoms with van der Waals surface area (Å²) in [5.41, 5.74) is 0.328. The van der Waals surface area contributed by atoms with E-state index in [1.165, 1.54) is 4.68 Å². The maximum atomic E-state index is 11.4. The molecule has 5 nitrogen and oxygen atoms in total. The minimum atomic E-state index is -0.422. The van der Waals surface area contributed by atoms with Crippen molar-refractivity contribution in [2.75, 3.05) is 0 Å². The van der Waals surface area contributed by atoms with Crippen LogP contribution in [0.1, 0.15) is 24.3 Å². The Morgan fingerprint density at radius 3 is 2.62 bits per heavy atom. The van der Waals surface area contributed by atoms with Crippen molar-refractivity contribution in [3.63, 3.8) is 0 Å². The molecule has 0 saturated carbocycles. The third-order valence-corrected chi connectivity index (χ3v) is 1.86. The average Bonchev–Trinajstić information content (AvgIpc) is 2.29. The number of carbonyl (C=O) groups is 1. The molecule has 13 heavy (non-hydrogen) atoms. The van der Waals surface area contributed by atoms with Gasteiger partial charge in [-0.2, -0.15) is 0 Å². The van der Waals surface area contributed by atoms with Crippen LogP contribution in [0.4, 0.5) is 0 Å². The third-order valence-electron chi connectivity index (χ3n) is 1.32. The van der Waals surface area contributed by atoms with Crippen LogP contribution in [0, 0.1) is 0 Å². The Morgan fingerprint density at radius 1 is 1.62 bits per heavy atom. The minimum absolute atomic E-state index is 0.144. The average molecular weight is 248 g/mol. The lowest BCUT2D eigenvalue weighted by atomic mass is 10.4. The largest absolute Gasteiger partial charge is 0.458 e. The zero-order valence-electron chi connectivity index (χ0n) is 7.61. The molecular formula is C7H10BrN3O2. The normalized spacial score (nSPS) is 10.5. The van der Waals surface area contributed by atoms with E-state index in [1.54, 1.807) is 20.9 Å². The lowest BCUT2D eigenvalue weighted by molar-refractivity contribution is 0.0364. The van der Waals surface area contributed by atoms with Gasteiger partial charge in [0.25, 0.3) is 0 Å². The number of hydrogen-bond donors (Lipinski definition) is 0. The molecular weight excluding hydrogens is 238 g/mol. The first-order valence-corrected chi connectivity index (χ1v) is 4.58. The summed E-state index contributed by atoms with van der Waals surface area (Å²) in [6.45, 7) is 3.57. The second-order valence-corrected chi connectivity index (χ2v) is 3.56. The van der Waals surface area contributed by atoms with Crippen LogP contribution in [0.25, 0.3) is 0 Å². The van der Waals surface area contributed by atoms with Crippen LogP contribution in [0.5, 0.6) is 0 Å². The van der Waals surface area contributed by atoms with Gasteiger partial charge >= 0.3 is 5.97 Å². The molecule has 1 aromatic rings. The lowest BCUT2D eigenvalue weighted by Gasteiger charge is -2.06. The van der Waals surface area contributed by atoms with Gasteiger partial charge in [0.2, 0.25) is 0 Å². The molecule has 0 fully saturated rings. The van der Waals surface area contributed by atoms with Crippen LogP contribution < -0.4 is 0 Å². The molecule has 0 aliphatic heterocycles. The highest BCUT2D eigenvalue weighted by Gasteiger charge is 2.18. The molecule has 0 spiro atoms. The van der Waals surface area contributed by atoms with Crippen molar-refractivity contribution < 1.29 is 9.53 Å². The quantitative estimate of drug-likeness (QED) is 0.736. The molecule has 0 amide bonds. The highest BCUT2D eigenvalue weighted by molar-refractivity contribution is 9.10. The molecule has 0 unspecified atom stereocenters. The van der Waals surface area contributed by atoms with Crippen LogP contribution in [0.2, 0.25) is 0 Å². The van der Waals surface area contributed by atoms with Crippen molar-refractivity contribution in [3.05, 3.63) is 10.3 Å². The molecule has 1 aromatic heterocycles. The van der Waals surface area contributed by atoms with Gasteiger partial charge in [-0.1, -0.05) is 5.21 Å². The number of rotatable bonds is 2. The third kappa shape index (κ3) is 2.27. The van der Waals surface area contributed by atoms with Gasteiger partial charge in [-0.25, -0.2) is 9.48 Å². The molecule has 1 heterocycles. The Kier molecular flexibility index (Phi) is 3.02. The molecule has 0 N–H and O–H groups in total. The summed E-state index contributed by atoms with van der Waals surface area (Å²) in [5.74, 6) is -0.422. The number of ether oxygens (including phenoxy) is 1. The molecule has 0 atom stereocenters. The van der Waals surface area contributed by atoms with Crippen molar-refractivity contribution in [1.29, 1.82) is 0 Å². The van der Waals surface area contributed by atoms with Crippen LogP contribution in [-0.2, 0) is 11.8 Å². The fraction of sp³-hybridized carbons (Fsp3) is 0.571. The Morgan fingerprint density at radius 2 is 2.23 bits per heavy atom. The first-order valence-electron chi connectivity index (χ1n) is 3.78. The molecule has 0 aliphatic rings. The van der Waals surface area contributed by atoms with Gasteiger partial charge in [-0.05, 0) is 29.8 Å². The van der Waals surface area contributed by atoms with E-state index in [2.05, 4.69) is 26.2 Å². The highest BCUT2D eigenvalue weighted by atomic mass is 79.9. The molecule has 0 aliphatic carbocycles. The molecule has 0 aromatic carbocycles. The van der Waals surface area contributed by atoms with Crippen LogP contribution in [0.15, 0.2) is 4.60 Å². The topological polar surface area (TPSA) is 57.0 Å². The molecule has 1 rings (SSSR count). The fourth-order valence-electron chi connectivity index (χ4n) is 0.818. The van der Waals surface area contributed by atoms with Gasteiger partial charge in [-0.15, -0.1) is 5.10 Å². The standard InChI is InChI=1S/C7H10BrN3O2/c1-4(2)13-7(12)5-6(8)9-10-11(5)3/h4H,1-3H3. The van der Waals surface area contributed by atoms with Gasteiger partial charge in [-0.3, -0.25) is 0 Å². The second kappa shape index (κ2) is 3.87. The summed E-state index contributed by atoms with van der Waals surface area (Å²) >= 11 is 3.11. The van der Waals surface area contributed by atoms with E-state index < -0.39 is 5.97 Å². The van der Waals surface area contributed by atoms with Crippen molar-refractivity contribution in [2.45, 2.75) is 20.0 Å². The summed E-state index contributed by atoms with van der Waals surface area (Å²) in [7, 11) is 1.63. The van der Waals surface area contributed by atoms with E-state index in [0.29, 0.717) is 10.3 Å². The maximum absolute atomic E-state index is 11.4. The Labute approximate surface area is 84.2 Å². The molecule has 6 heteroatoms. The summed E-state index contributed by atoms with van der Waals surface area (Å²) in [6, 6.07) is 0. The fourth-order valence-corrected chi connectivity index (χ4v) is 1.31. The Hall–Kier alpha value is -0.910. The summed E-state index contributed by atoms with van der Waals surface area (Å²) in [5, 5.41) is 7.34. The SMILES string of the molecule is CC(C)OC(=O)c1c(Br)nnn1C. The lowest BCUT2D eigenvalue weighted by Crippen LogP contribution is -2.15. The van der Waals surface area contributed by atoms with Crippen LogP contribution in [0.3, 0.4) is 0 Å². The maximum Gasteiger partial charge on any atom is 0.359 e.